The molecule has 2 aromatic carbocycles. The van der Waals surface area contributed by atoms with Crippen molar-refractivity contribution in [1.29, 1.82) is 0 Å². The Kier molecular flexibility index (Phi) is 8.47. The predicted molar refractivity (Wildman–Crippen MR) is 154 cm³/mol. The minimum absolute atomic E-state index is 0.0257. The lowest BCUT2D eigenvalue weighted by Crippen LogP contribution is -2.40. The van der Waals surface area contributed by atoms with E-state index in [2.05, 4.69) is 5.32 Å². The minimum Gasteiger partial charge on any atom is -0.453 e. The number of methoxy groups -OCH3 is 1. The van der Waals surface area contributed by atoms with E-state index >= 15 is 0 Å². The van der Waals surface area contributed by atoms with Crippen molar-refractivity contribution in [3.05, 3.63) is 80.8 Å². The lowest BCUT2D eigenvalue weighted by atomic mass is 9.84. The highest BCUT2D eigenvalue weighted by Gasteiger charge is 2.35. The highest BCUT2D eigenvalue weighted by molar-refractivity contribution is 6.35. The summed E-state index contributed by atoms with van der Waals surface area (Å²) in [6.45, 7) is 2.34. The van der Waals surface area contributed by atoms with Crippen molar-refractivity contribution in [2.75, 3.05) is 13.7 Å². The van der Waals surface area contributed by atoms with Gasteiger partial charge in [-0.1, -0.05) is 54.6 Å². The summed E-state index contributed by atoms with van der Waals surface area (Å²) in [6, 6.07) is 11.1. The Bertz CT molecular complexity index is 1450. The molecule has 1 aromatic heterocycles. The van der Waals surface area contributed by atoms with Gasteiger partial charge in [-0.05, 0) is 73.2 Å². The molecular weight excluding hydrogens is 554 g/mol. The van der Waals surface area contributed by atoms with Gasteiger partial charge < -0.3 is 10.1 Å². The molecule has 2 aliphatic rings. The molecule has 210 valence electrons. The molecule has 2 heterocycles. The van der Waals surface area contributed by atoms with Crippen molar-refractivity contribution in [3.8, 4) is 5.69 Å². The molecule has 0 bridgehead atoms. The summed E-state index contributed by atoms with van der Waals surface area (Å²) in [5, 5.41) is 8.77. The molecule has 7 nitrogen and oxygen atoms in total. The zero-order valence-electron chi connectivity index (χ0n) is 22.4. The SMILES string of the molecule is COC(=O)N1C/C(=C\c2ccc(F)cc2)c2c(c(C(=O)N[C@@H](C)C3CCCCC3)nn2-c2ccc(Cl)cc2Cl)C1. The van der Waals surface area contributed by atoms with Crippen molar-refractivity contribution in [2.24, 2.45) is 5.92 Å². The number of rotatable bonds is 5. The van der Waals surface area contributed by atoms with Crippen LogP contribution in [0.1, 0.15) is 66.3 Å². The Labute approximate surface area is 242 Å². The van der Waals surface area contributed by atoms with Crippen LogP contribution in [0.5, 0.6) is 0 Å². The maximum Gasteiger partial charge on any atom is 0.410 e. The maximum atomic E-state index is 13.8. The number of aromatic nitrogens is 2. The average molecular weight is 586 g/mol. The molecule has 0 spiro atoms. The number of hydrogen-bond acceptors (Lipinski definition) is 4. The zero-order chi connectivity index (χ0) is 28.4. The number of ether oxygens (including phenoxy) is 1. The predicted octanol–water partition coefficient (Wildman–Crippen LogP) is 7.14. The summed E-state index contributed by atoms with van der Waals surface area (Å²) in [5.41, 5.74) is 3.38. The molecule has 1 saturated carbocycles. The van der Waals surface area contributed by atoms with E-state index in [-0.39, 0.29) is 36.5 Å². The standard InChI is InChI=1S/C30H31Cl2FN4O3/c1-18(20-6-4-3-5-7-20)34-29(38)27-24-17-36(30(39)40-2)16-21(14-19-8-11-23(33)12-9-19)28(24)37(35-27)26-13-10-22(31)15-25(26)32/h8-15,18,20H,3-7,16-17H2,1-2H3,(H,34,38)/b21-14+/t18-/m0/s1. The molecule has 1 N–H and O–H groups in total. The largest absolute Gasteiger partial charge is 0.453 e. The number of amides is 2. The molecule has 0 radical (unpaired) electrons. The smallest absolute Gasteiger partial charge is 0.410 e. The van der Waals surface area contributed by atoms with E-state index in [9.17, 15) is 14.0 Å². The first-order valence-electron chi connectivity index (χ1n) is 13.4. The van der Waals surface area contributed by atoms with Crippen LogP contribution in [0.2, 0.25) is 10.0 Å². The second-order valence-electron chi connectivity index (χ2n) is 10.4. The van der Waals surface area contributed by atoms with E-state index in [0.717, 1.165) is 31.2 Å². The molecule has 40 heavy (non-hydrogen) atoms. The summed E-state index contributed by atoms with van der Waals surface area (Å²) in [6.07, 6.45) is 7.02. The quantitative estimate of drug-likeness (QED) is 0.346. The van der Waals surface area contributed by atoms with E-state index in [1.807, 2.05) is 13.0 Å². The van der Waals surface area contributed by atoms with Gasteiger partial charge in [0.2, 0.25) is 0 Å². The van der Waals surface area contributed by atoms with Crippen molar-refractivity contribution in [3.63, 3.8) is 0 Å². The Balaban J connectivity index is 1.64. The van der Waals surface area contributed by atoms with Gasteiger partial charge in [0.25, 0.3) is 5.91 Å². The summed E-state index contributed by atoms with van der Waals surface area (Å²) >= 11 is 12.8. The summed E-state index contributed by atoms with van der Waals surface area (Å²) in [7, 11) is 1.32. The fourth-order valence-electron chi connectivity index (χ4n) is 5.63. The van der Waals surface area contributed by atoms with Gasteiger partial charge in [0.05, 0.1) is 36.6 Å². The van der Waals surface area contributed by atoms with E-state index in [1.54, 1.807) is 35.0 Å². The van der Waals surface area contributed by atoms with Gasteiger partial charge in [-0.3, -0.25) is 9.69 Å². The number of nitrogens with zero attached hydrogens (tertiary/aromatic N) is 3. The molecule has 3 aromatic rings. The lowest BCUT2D eigenvalue weighted by molar-refractivity contribution is 0.0909. The minimum atomic E-state index is -0.533. The van der Waals surface area contributed by atoms with Gasteiger partial charge in [0.1, 0.15) is 5.82 Å². The number of fused-ring (bicyclic) bond motifs is 1. The number of carbonyl (C=O) groups is 2. The van der Waals surface area contributed by atoms with Crippen LogP contribution < -0.4 is 5.32 Å². The molecule has 2 amide bonds. The van der Waals surface area contributed by atoms with Crippen LogP contribution in [-0.2, 0) is 11.3 Å². The molecule has 1 aliphatic heterocycles. The first-order chi connectivity index (χ1) is 19.2. The number of nitrogens with one attached hydrogen (secondary N) is 1. The van der Waals surface area contributed by atoms with Gasteiger partial charge in [0, 0.05) is 16.6 Å². The topological polar surface area (TPSA) is 76.5 Å². The molecular formula is C30H31Cl2FN4O3. The van der Waals surface area contributed by atoms with Gasteiger partial charge >= 0.3 is 6.09 Å². The molecule has 0 unspecified atom stereocenters. The normalized spacial score (nSPS) is 17.4. The molecule has 1 fully saturated rings. The monoisotopic (exact) mass is 584 g/mol. The van der Waals surface area contributed by atoms with Crippen LogP contribution in [0.15, 0.2) is 42.5 Å². The lowest BCUT2D eigenvalue weighted by Gasteiger charge is -2.29. The third-order valence-electron chi connectivity index (χ3n) is 7.71. The number of carbonyl (C=O) groups excluding carboxylic acids is 2. The molecule has 10 heteroatoms. The van der Waals surface area contributed by atoms with Crippen molar-refractivity contribution in [2.45, 2.75) is 51.6 Å². The van der Waals surface area contributed by atoms with Crippen LogP contribution in [0, 0.1) is 11.7 Å². The summed E-state index contributed by atoms with van der Waals surface area (Å²) in [4.78, 5) is 28.0. The third-order valence-corrected chi connectivity index (χ3v) is 8.25. The Morgan fingerprint density at radius 3 is 2.50 bits per heavy atom. The van der Waals surface area contributed by atoms with Gasteiger partial charge in [-0.2, -0.15) is 5.10 Å². The van der Waals surface area contributed by atoms with Crippen molar-refractivity contribution >= 4 is 46.9 Å². The van der Waals surface area contributed by atoms with Crippen molar-refractivity contribution in [1.82, 2.24) is 20.0 Å². The number of hydrogen-bond donors (Lipinski definition) is 1. The van der Waals surface area contributed by atoms with Crippen LogP contribution in [0.4, 0.5) is 9.18 Å². The Morgan fingerprint density at radius 1 is 1.10 bits per heavy atom. The van der Waals surface area contributed by atoms with Crippen LogP contribution in [0.3, 0.4) is 0 Å². The summed E-state index contributed by atoms with van der Waals surface area (Å²) < 4.78 is 20.3. The second-order valence-corrected chi connectivity index (χ2v) is 11.2. The molecule has 0 saturated heterocycles. The van der Waals surface area contributed by atoms with E-state index in [4.69, 9.17) is 33.0 Å². The molecule has 1 aliphatic carbocycles. The fourth-order valence-corrected chi connectivity index (χ4v) is 6.12. The molecule has 1 atom stereocenters. The first kappa shape index (κ1) is 28.2. The average Bonchev–Trinajstić information content (AvgIpc) is 3.34. The molecule has 5 rings (SSSR count). The van der Waals surface area contributed by atoms with E-state index in [1.165, 1.54) is 30.6 Å². The summed E-state index contributed by atoms with van der Waals surface area (Å²) in [5.74, 6) is -0.264. The van der Waals surface area contributed by atoms with E-state index in [0.29, 0.717) is 38.5 Å². The Morgan fingerprint density at radius 2 is 1.82 bits per heavy atom. The fraction of sp³-hybridized carbons (Fsp3) is 0.367. The zero-order valence-corrected chi connectivity index (χ0v) is 23.9. The van der Waals surface area contributed by atoms with Crippen LogP contribution in [-0.4, -0.2) is 46.4 Å². The maximum absolute atomic E-state index is 13.8. The van der Waals surface area contributed by atoms with Gasteiger partial charge in [-0.15, -0.1) is 0 Å². The van der Waals surface area contributed by atoms with Crippen LogP contribution >= 0.6 is 23.2 Å². The number of halogens is 3. The Hall–Kier alpha value is -3.36. The number of benzene rings is 2. The first-order valence-corrected chi connectivity index (χ1v) is 14.2. The van der Waals surface area contributed by atoms with Gasteiger partial charge in [-0.25, -0.2) is 13.9 Å². The van der Waals surface area contributed by atoms with Crippen LogP contribution in [0.25, 0.3) is 17.3 Å². The second kappa shape index (κ2) is 12.0. The van der Waals surface area contributed by atoms with E-state index < -0.39 is 6.09 Å². The highest BCUT2D eigenvalue weighted by Crippen LogP contribution is 2.36. The van der Waals surface area contributed by atoms with Gasteiger partial charge in [0.15, 0.2) is 5.69 Å². The third kappa shape index (κ3) is 5.88. The van der Waals surface area contributed by atoms with Crippen molar-refractivity contribution < 1.29 is 18.7 Å². The highest BCUT2D eigenvalue weighted by atomic mass is 35.5.